The first-order valence-electron chi connectivity index (χ1n) is 6.32. The van der Waals surface area contributed by atoms with Crippen molar-refractivity contribution in [1.29, 1.82) is 0 Å². The first kappa shape index (κ1) is 14.7. The van der Waals surface area contributed by atoms with E-state index in [0.717, 1.165) is 18.7 Å². The monoisotopic (exact) mass is 253 g/mol. The third-order valence-corrected chi connectivity index (χ3v) is 2.73. The average Bonchev–Trinajstić information content (AvgIpc) is 2.35. The summed E-state index contributed by atoms with van der Waals surface area (Å²) in [4.78, 5) is 8.68. The molecule has 0 bridgehead atoms. The van der Waals surface area contributed by atoms with Gasteiger partial charge in [-0.1, -0.05) is 20.8 Å². The van der Waals surface area contributed by atoms with Crippen LogP contribution in [-0.4, -0.2) is 27.7 Å². The number of aliphatic hydroxyl groups excluding tert-OH is 1. The Kier molecular flexibility index (Phi) is 5.80. The molecule has 0 aromatic carbocycles. The molecule has 1 heterocycles. The fourth-order valence-corrected chi connectivity index (χ4v) is 1.59. The van der Waals surface area contributed by atoms with E-state index >= 15 is 0 Å². The second-order valence-corrected chi connectivity index (χ2v) is 4.63. The van der Waals surface area contributed by atoms with E-state index < -0.39 is 0 Å². The van der Waals surface area contributed by atoms with E-state index in [4.69, 9.17) is 5.84 Å². The van der Waals surface area contributed by atoms with Crippen molar-refractivity contribution in [2.24, 2.45) is 11.8 Å². The van der Waals surface area contributed by atoms with Crippen molar-refractivity contribution in [2.75, 3.05) is 17.3 Å². The maximum Gasteiger partial charge on any atom is 0.145 e. The number of hydrogen-bond donors (Lipinski definition) is 4. The standard InChI is InChI=1S/C12H23N5O/c1-4-5-10-15-11(6-12(16-10)17-13)14-9(7-18)8(2)3/h6,8-9,18H,4-5,7,13H2,1-3H3,(H2,14,15,16,17)/t9-/m1/s1. The van der Waals surface area contributed by atoms with Crippen LogP contribution in [-0.2, 0) is 6.42 Å². The summed E-state index contributed by atoms with van der Waals surface area (Å²) in [6.07, 6.45) is 1.77. The topological polar surface area (TPSA) is 96.1 Å². The molecule has 0 fully saturated rings. The molecule has 1 aromatic rings. The quantitative estimate of drug-likeness (QED) is 0.430. The molecule has 102 valence electrons. The van der Waals surface area contributed by atoms with Crippen LogP contribution in [0.15, 0.2) is 6.07 Å². The van der Waals surface area contributed by atoms with Crippen LogP contribution in [0.1, 0.15) is 33.0 Å². The molecule has 0 aliphatic carbocycles. The van der Waals surface area contributed by atoms with Crippen molar-refractivity contribution in [3.8, 4) is 0 Å². The fourth-order valence-electron chi connectivity index (χ4n) is 1.59. The van der Waals surface area contributed by atoms with Crippen LogP contribution in [0.25, 0.3) is 0 Å². The van der Waals surface area contributed by atoms with E-state index in [1.54, 1.807) is 6.07 Å². The highest BCUT2D eigenvalue weighted by molar-refractivity contribution is 5.47. The molecule has 1 atom stereocenters. The molecule has 0 unspecified atom stereocenters. The van der Waals surface area contributed by atoms with E-state index in [-0.39, 0.29) is 12.6 Å². The molecule has 5 N–H and O–H groups in total. The predicted molar refractivity (Wildman–Crippen MR) is 73.2 cm³/mol. The van der Waals surface area contributed by atoms with Gasteiger partial charge < -0.3 is 15.8 Å². The zero-order valence-corrected chi connectivity index (χ0v) is 11.3. The molecular formula is C12H23N5O. The van der Waals surface area contributed by atoms with Gasteiger partial charge in [0.05, 0.1) is 12.6 Å². The second kappa shape index (κ2) is 7.13. The summed E-state index contributed by atoms with van der Waals surface area (Å²) in [5.41, 5.74) is 2.53. The number of hydrazine groups is 1. The van der Waals surface area contributed by atoms with Gasteiger partial charge in [-0.25, -0.2) is 15.8 Å². The van der Waals surface area contributed by atoms with Crippen molar-refractivity contribution < 1.29 is 5.11 Å². The van der Waals surface area contributed by atoms with E-state index in [1.165, 1.54) is 0 Å². The van der Waals surface area contributed by atoms with Crippen LogP contribution < -0.4 is 16.6 Å². The summed E-state index contributed by atoms with van der Waals surface area (Å²) in [6, 6.07) is 1.71. The van der Waals surface area contributed by atoms with Crippen LogP contribution in [0.5, 0.6) is 0 Å². The number of aromatic nitrogens is 2. The third-order valence-electron chi connectivity index (χ3n) is 2.73. The van der Waals surface area contributed by atoms with Gasteiger partial charge in [-0.15, -0.1) is 0 Å². The highest BCUT2D eigenvalue weighted by Crippen LogP contribution is 2.15. The average molecular weight is 253 g/mol. The molecule has 1 aromatic heterocycles. The summed E-state index contributed by atoms with van der Waals surface area (Å²) in [5.74, 6) is 7.72. The number of rotatable bonds is 7. The van der Waals surface area contributed by atoms with Crippen LogP contribution in [0.2, 0.25) is 0 Å². The van der Waals surface area contributed by atoms with E-state index in [2.05, 4.69) is 27.6 Å². The lowest BCUT2D eigenvalue weighted by Crippen LogP contribution is -2.30. The molecule has 0 aliphatic heterocycles. The number of nitrogen functional groups attached to an aromatic ring is 1. The maximum atomic E-state index is 9.31. The van der Waals surface area contributed by atoms with Crippen molar-refractivity contribution >= 4 is 11.6 Å². The molecule has 0 spiro atoms. The predicted octanol–water partition coefficient (Wildman–Crippen LogP) is 1.14. The Morgan fingerprint density at radius 2 is 2.00 bits per heavy atom. The summed E-state index contributed by atoms with van der Waals surface area (Å²) in [5, 5.41) is 12.5. The number of nitrogens with two attached hydrogens (primary N) is 1. The number of aryl methyl sites for hydroxylation is 1. The van der Waals surface area contributed by atoms with Crippen molar-refractivity contribution in [3.63, 3.8) is 0 Å². The summed E-state index contributed by atoms with van der Waals surface area (Å²) in [6.45, 7) is 6.23. The lowest BCUT2D eigenvalue weighted by Gasteiger charge is -2.21. The Morgan fingerprint density at radius 1 is 1.33 bits per heavy atom. The van der Waals surface area contributed by atoms with Crippen LogP contribution in [0, 0.1) is 5.92 Å². The van der Waals surface area contributed by atoms with Gasteiger partial charge in [-0.3, -0.25) is 0 Å². The van der Waals surface area contributed by atoms with E-state index in [0.29, 0.717) is 17.6 Å². The van der Waals surface area contributed by atoms with Crippen LogP contribution in [0.3, 0.4) is 0 Å². The first-order chi connectivity index (χ1) is 8.60. The zero-order chi connectivity index (χ0) is 13.5. The molecule has 18 heavy (non-hydrogen) atoms. The van der Waals surface area contributed by atoms with Gasteiger partial charge in [0.15, 0.2) is 0 Å². The molecule has 1 rings (SSSR count). The SMILES string of the molecule is CCCc1nc(NN)cc(N[C@H](CO)C(C)C)n1. The normalized spacial score (nSPS) is 12.6. The Bertz CT molecular complexity index is 369. The van der Waals surface area contributed by atoms with Gasteiger partial charge in [-0.05, 0) is 12.3 Å². The highest BCUT2D eigenvalue weighted by atomic mass is 16.3. The molecule has 0 aliphatic rings. The highest BCUT2D eigenvalue weighted by Gasteiger charge is 2.13. The van der Waals surface area contributed by atoms with Crippen LogP contribution in [0.4, 0.5) is 11.6 Å². The summed E-state index contributed by atoms with van der Waals surface area (Å²) >= 11 is 0. The number of hydrogen-bond acceptors (Lipinski definition) is 6. The number of aliphatic hydroxyl groups is 1. The minimum absolute atomic E-state index is 0.0278. The first-order valence-corrected chi connectivity index (χ1v) is 6.32. The summed E-state index contributed by atoms with van der Waals surface area (Å²) < 4.78 is 0. The molecule has 6 nitrogen and oxygen atoms in total. The Hall–Kier alpha value is -1.40. The lowest BCUT2D eigenvalue weighted by atomic mass is 10.1. The van der Waals surface area contributed by atoms with Gasteiger partial charge in [-0.2, -0.15) is 0 Å². The van der Waals surface area contributed by atoms with Gasteiger partial charge in [0.1, 0.15) is 17.5 Å². The Balaban J connectivity index is 2.89. The Labute approximate surface area is 108 Å². The summed E-state index contributed by atoms with van der Waals surface area (Å²) in [7, 11) is 0. The van der Waals surface area contributed by atoms with Gasteiger partial charge >= 0.3 is 0 Å². The van der Waals surface area contributed by atoms with E-state index in [1.807, 2.05) is 13.8 Å². The van der Waals surface area contributed by atoms with Gasteiger partial charge in [0.25, 0.3) is 0 Å². The largest absolute Gasteiger partial charge is 0.394 e. The van der Waals surface area contributed by atoms with Gasteiger partial charge in [0, 0.05) is 12.5 Å². The Morgan fingerprint density at radius 3 is 2.50 bits per heavy atom. The minimum Gasteiger partial charge on any atom is -0.394 e. The number of nitrogens with zero attached hydrogens (tertiary/aromatic N) is 2. The second-order valence-electron chi connectivity index (χ2n) is 4.63. The van der Waals surface area contributed by atoms with Crippen molar-refractivity contribution in [3.05, 3.63) is 11.9 Å². The number of nitrogens with one attached hydrogen (secondary N) is 2. The van der Waals surface area contributed by atoms with E-state index in [9.17, 15) is 5.11 Å². The smallest absolute Gasteiger partial charge is 0.145 e. The molecule has 0 radical (unpaired) electrons. The zero-order valence-electron chi connectivity index (χ0n) is 11.3. The molecule has 0 saturated carbocycles. The lowest BCUT2D eigenvalue weighted by molar-refractivity contribution is 0.249. The van der Waals surface area contributed by atoms with Crippen molar-refractivity contribution in [1.82, 2.24) is 9.97 Å². The maximum absolute atomic E-state index is 9.31. The fraction of sp³-hybridized carbons (Fsp3) is 0.667. The third kappa shape index (κ3) is 4.12. The number of anilines is 2. The molecule has 6 heteroatoms. The van der Waals surface area contributed by atoms with Crippen LogP contribution >= 0.6 is 0 Å². The minimum atomic E-state index is -0.0278. The molecular weight excluding hydrogens is 230 g/mol. The molecule has 0 amide bonds. The van der Waals surface area contributed by atoms with Gasteiger partial charge in [0.2, 0.25) is 0 Å². The van der Waals surface area contributed by atoms with Crippen molar-refractivity contribution in [2.45, 2.75) is 39.7 Å². The molecule has 0 saturated heterocycles.